The summed E-state index contributed by atoms with van der Waals surface area (Å²) in [4.78, 5) is 3.45. The molecule has 1 aliphatic heterocycles. The van der Waals surface area contributed by atoms with Crippen LogP contribution in [0.25, 0.3) is 0 Å². The van der Waals surface area contributed by atoms with E-state index in [0.29, 0.717) is 0 Å². The van der Waals surface area contributed by atoms with Gasteiger partial charge in [0.05, 0.1) is 6.04 Å². The van der Waals surface area contributed by atoms with Gasteiger partial charge < -0.3 is 9.80 Å². The van der Waals surface area contributed by atoms with Crippen LogP contribution >= 0.6 is 11.6 Å². The smallest absolute Gasteiger partial charge is 0.127 e. The lowest BCUT2D eigenvalue weighted by atomic mass is 10.1. The van der Waals surface area contributed by atoms with Crippen LogP contribution in [0.5, 0.6) is 0 Å². The van der Waals surface area contributed by atoms with E-state index in [1.165, 1.54) is 38.2 Å². The molecule has 1 aromatic carbocycles. The predicted molar refractivity (Wildman–Crippen MR) is 76.3 cm³/mol. The van der Waals surface area contributed by atoms with Gasteiger partial charge in [0.25, 0.3) is 0 Å². The Balaban J connectivity index is 1.86. The molecule has 100 valence electrons. The van der Waals surface area contributed by atoms with Gasteiger partial charge in [0.2, 0.25) is 0 Å². The highest BCUT2D eigenvalue weighted by molar-refractivity contribution is 6.31. The highest BCUT2D eigenvalue weighted by atomic mass is 35.5. The lowest BCUT2D eigenvalue weighted by Gasteiger charge is -2.33. The third kappa shape index (κ3) is 3.47. The molecule has 0 spiro atoms. The fourth-order valence-electron chi connectivity index (χ4n) is 2.79. The van der Waals surface area contributed by atoms with Crippen LogP contribution in [0.15, 0.2) is 24.3 Å². The lowest BCUT2D eigenvalue weighted by molar-refractivity contribution is -1.03. The molecule has 18 heavy (non-hydrogen) atoms. The minimum atomic E-state index is 0.812. The molecule has 2 nitrogen and oxygen atoms in total. The lowest BCUT2D eigenvalue weighted by Crippen LogP contribution is -3.29. The largest absolute Gasteiger partial charge is 0.323 e. The Hall–Kier alpha value is -0.570. The first kappa shape index (κ1) is 13.9. The van der Waals surface area contributed by atoms with Gasteiger partial charge in [0.15, 0.2) is 0 Å². The molecule has 0 bridgehead atoms. The molecule has 0 unspecified atom stereocenters. The quantitative estimate of drug-likeness (QED) is 0.784. The number of hydrogen-bond acceptors (Lipinski definition) is 0. The minimum absolute atomic E-state index is 0.812. The van der Waals surface area contributed by atoms with Crippen molar-refractivity contribution in [1.82, 2.24) is 0 Å². The summed E-state index contributed by atoms with van der Waals surface area (Å²) in [6, 6.07) is 9.06. The first-order valence-corrected chi connectivity index (χ1v) is 7.50. The van der Waals surface area contributed by atoms with E-state index in [1.807, 2.05) is 12.1 Å². The summed E-state index contributed by atoms with van der Waals surface area (Å²) in [6.07, 6.45) is 1.29. The molecule has 1 atom stereocenters. The molecule has 0 aliphatic carbocycles. The number of quaternary nitrogens is 2. The highest BCUT2D eigenvalue weighted by Crippen LogP contribution is 2.13. The minimum Gasteiger partial charge on any atom is -0.323 e. The Labute approximate surface area is 116 Å². The van der Waals surface area contributed by atoms with E-state index < -0.39 is 0 Å². The molecule has 1 saturated heterocycles. The van der Waals surface area contributed by atoms with E-state index in [-0.39, 0.29) is 0 Å². The Bertz CT molecular complexity index is 373. The molecule has 0 saturated carbocycles. The van der Waals surface area contributed by atoms with E-state index >= 15 is 0 Å². The molecule has 1 heterocycles. The van der Waals surface area contributed by atoms with Crippen LogP contribution in [0.3, 0.4) is 0 Å². The highest BCUT2D eigenvalue weighted by Gasteiger charge is 2.26. The Morgan fingerprint density at radius 1 is 1.17 bits per heavy atom. The van der Waals surface area contributed by atoms with Crippen molar-refractivity contribution in [3.63, 3.8) is 0 Å². The second-order valence-electron chi connectivity index (χ2n) is 5.49. The van der Waals surface area contributed by atoms with Crippen molar-refractivity contribution < 1.29 is 9.80 Å². The maximum absolute atomic E-state index is 6.23. The Morgan fingerprint density at radius 2 is 1.83 bits per heavy atom. The molecular formula is C15H25ClN2+2. The molecule has 0 amide bonds. The fraction of sp³-hybridized carbons (Fsp3) is 0.600. The third-order valence-corrected chi connectivity index (χ3v) is 4.68. The van der Waals surface area contributed by atoms with Crippen molar-refractivity contribution >= 4 is 11.6 Å². The molecule has 2 N–H and O–H groups in total. The van der Waals surface area contributed by atoms with Gasteiger partial charge in [-0.05, 0) is 19.4 Å². The summed E-state index contributed by atoms with van der Waals surface area (Å²) in [7, 11) is 0. The Kier molecular flexibility index (Phi) is 5.04. The summed E-state index contributed by atoms with van der Waals surface area (Å²) in [5.41, 5.74) is 1.29. The van der Waals surface area contributed by atoms with Crippen LogP contribution in [0, 0.1) is 0 Å². The molecule has 1 aromatic rings. The molecular weight excluding hydrogens is 244 g/mol. The van der Waals surface area contributed by atoms with Gasteiger partial charge in [-0.25, -0.2) is 0 Å². The summed E-state index contributed by atoms with van der Waals surface area (Å²) >= 11 is 6.23. The first-order chi connectivity index (χ1) is 8.70. The van der Waals surface area contributed by atoms with Gasteiger partial charge in [-0.2, -0.15) is 0 Å². The van der Waals surface area contributed by atoms with Crippen molar-refractivity contribution in [3.8, 4) is 0 Å². The number of hydrogen-bond donors (Lipinski definition) is 2. The third-order valence-electron chi connectivity index (χ3n) is 4.31. The van der Waals surface area contributed by atoms with Gasteiger partial charge in [-0.1, -0.05) is 36.7 Å². The zero-order valence-corrected chi connectivity index (χ0v) is 12.3. The van der Waals surface area contributed by atoms with Crippen molar-refractivity contribution in [1.29, 1.82) is 0 Å². The van der Waals surface area contributed by atoms with E-state index in [2.05, 4.69) is 26.0 Å². The number of rotatable bonds is 4. The number of piperazine rings is 1. The van der Waals surface area contributed by atoms with Crippen LogP contribution in [-0.4, -0.2) is 32.2 Å². The number of benzene rings is 1. The maximum atomic E-state index is 6.23. The van der Waals surface area contributed by atoms with Gasteiger partial charge in [0.1, 0.15) is 32.7 Å². The number of nitrogens with one attached hydrogen (secondary N) is 2. The molecule has 1 fully saturated rings. The van der Waals surface area contributed by atoms with Crippen molar-refractivity contribution in [3.05, 3.63) is 34.9 Å². The van der Waals surface area contributed by atoms with Crippen molar-refractivity contribution in [2.24, 2.45) is 0 Å². The second-order valence-corrected chi connectivity index (χ2v) is 5.89. The molecule has 0 aromatic heterocycles. The SMILES string of the molecule is CC[C@H](C)[NH+]1CC[NH+](Cc2ccccc2Cl)CC1. The maximum Gasteiger partial charge on any atom is 0.127 e. The van der Waals surface area contributed by atoms with E-state index in [4.69, 9.17) is 11.6 Å². The predicted octanol–water partition coefficient (Wildman–Crippen LogP) is 0.422. The van der Waals surface area contributed by atoms with Crippen molar-refractivity contribution in [2.75, 3.05) is 26.2 Å². The van der Waals surface area contributed by atoms with E-state index in [9.17, 15) is 0 Å². The zero-order chi connectivity index (χ0) is 13.0. The zero-order valence-electron chi connectivity index (χ0n) is 11.5. The molecule has 1 aliphatic rings. The summed E-state index contributed by atoms with van der Waals surface area (Å²) in [5, 5.41) is 0.918. The van der Waals surface area contributed by atoms with Crippen LogP contribution < -0.4 is 9.80 Å². The van der Waals surface area contributed by atoms with Crippen LogP contribution in [0.2, 0.25) is 5.02 Å². The van der Waals surface area contributed by atoms with Crippen LogP contribution in [0.4, 0.5) is 0 Å². The topological polar surface area (TPSA) is 8.88 Å². The summed E-state index contributed by atoms with van der Waals surface area (Å²) in [5.74, 6) is 0. The number of halogens is 1. The fourth-order valence-corrected chi connectivity index (χ4v) is 3.00. The summed E-state index contributed by atoms with van der Waals surface area (Å²) in [6.45, 7) is 10.9. The summed E-state index contributed by atoms with van der Waals surface area (Å²) < 4.78 is 0. The van der Waals surface area contributed by atoms with Gasteiger partial charge >= 0.3 is 0 Å². The van der Waals surface area contributed by atoms with E-state index in [0.717, 1.165) is 17.6 Å². The normalized spacial score (nSPS) is 25.9. The van der Waals surface area contributed by atoms with Crippen LogP contribution in [0.1, 0.15) is 25.8 Å². The molecule has 0 radical (unpaired) electrons. The standard InChI is InChI=1S/C15H23ClN2/c1-3-13(2)18-10-8-17(9-11-18)12-14-6-4-5-7-15(14)16/h4-7,13H,3,8-12H2,1-2H3/p+2/t13-/m0/s1. The average Bonchev–Trinajstić information content (AvgIpc) is 2.41. The van der Waals surface area contributed by atoms with Gasteiger partial charge in [-0.15, -0.1) is 0 Å². The average molecular weight is 269 g/mol. The Morgan fingerprint density at radius 3 is 2.44 bits per heavy atom. The van der Waals surface area contributed by atoms with Crippen LogP contribution in [-0.2, 0) is 6.54 Å². The molecule has 3 heteroatoms. The van der Waals surface area contributed by atoms with Crippen molar-refractivity contribution in [2.45, 2.75) is 32.9 Å². The monoisotopic (exact) mass is 268 g/mol. The first-order valence-electron chi connectivity index (χ1n) is 7.12. The molecule has 2 rings (SSSR count). The van der Waals surface area contributed by atoms with Gasteiger partial charge in [-0.3, -0.25) is 0 Å². The van der Waals surface area contributed by atoms with Gasteiger partial charge in [0, 0.05) is 10.6 Å². The van der Waals surface area contributed by atoms with E-state index in [1.54, 1.807) is 9.80 Å². The second kappa shape index (κ2) is 6.55.